The van der Waals surface area contributed by atoms with Crippen LogP contribution in [0.4, 0.5) is 0 Å². The number of hydrogen-bond donors (Lipinski definition) is 0. The zero-order valence-corrected chi connectivity index (χ0v) is 18.7. The molecule has 0 saturated carbocycles. The Morgan fingerprint density at radius 3 is 2.41 bits per heavy atom. The van der Waals surface area contributed by atoms with Crippen molar-refractivity contribution in [3.05, 3.63) is 72.8 Å². The van der Waals surface area contributed by atoms with Gasteiger partial charge in [0.05, 0.1) is 18.5 Å². The van der Waals surface area contributed by atoms with E-state index in [0.29, 0.717) is 0 Å². The van der Waals surface area contributed by atoms with Crippen LogP contribution in [0.1, 0.15) is 12.1 Å². The van der Waals surface area contributed by atoms with Crippen LogP contribution in [-0.2, 0) is 6.54 Å². The molecule has 1 fully saturated rings. The van der Waals surface area contributed by atoms with E-state index >= 15 is 0 Å². The Morgan fingerprint density at radius 1 is 0.844 bits per heavy atom. The molecule has 4 aromatic rings. The summed E-state index contributed by atoms with van der Waals surface area (Å²) in [6, 6.07) is 16.6. The summed E-state index contributed by atoms with van der Waals surface area (Å²) in [6.07, 6.45) is 7.08. The normalized spacial score (nSPS) is 15.7. The van der Waals surface area contributed by atoms with E-state index in [4.69, 9.17) is 9.72 Å². The Balaban J connectivity index is 1.59. The predicted octanol–water partition coefficient (Wildman–Crippen LogP) is 4.21. The van der Waals surface area contributed by atoms with Crippen molar-refractivity contribution in [3.63, 3.8) is 0 Å². The number of nitrogens with zero attached hydrogens (tertiary/aromatic N) is 5. The van der Waals surface area contributed by atoms with Gasteiger partial charge in [0.2, 0.25) is 0 Å². The van der Waals surface area contributed by atoms with Crippen LogP contribution in [0, 0.1) is 0 Å². The molecule has 0 atom stereocenters. The number of benzene rings is 1. The zero-order chi connectivity index (χ0) is 21.9. The first kappa shape index (κ1) is 20.7. The summed E-state index contributed by atoms with van der Waals surface area (Å²) in [7, 11) is 3.91. The topological polar surface area (TPSA) is 45.9 Å². The van der Waals surface area contributed by atoms with Crippen molar-refractivity contribution in [3.8, 4) is 28.1 Å². The van der Waals surface area contributed by atoms with E-state index in [2.05, 4.69) is 56.7 Å². The van der Waals surface area contributed by atoms with Gasteiger partial charge in [-0.25, -0.2) is 4.98 Å². The van der Waals surface area contributed by atoms with E-state index in [9.17, 15) is 0 Å². The van der Waals surface area contributed by atoms with Crippen LogP contribution in [0.15, 0.2) is 67.1 Å². The molecule has 0 bridgehead atoms. The fraction of sp³-hybridized carbons (Fsp3) is 0.308. The standard InChI is InChI=1S/C26H29N5O/c1-29-14-3-15-30(17-16-29)19-24-26(21-4-7-23(32-2)8-5-21)28-25-9-6-22(18-31(24)25)20-10-12-27-13-11-20/h4-13,18H,3,14-17,19H2,1-2H3. The van der Waals surface area contributed by atoms with E-state index in [1.54, 1.807) is 7.11 Å². The van der Waals surface area contributed by atoms with Gasteiger partial charge in [0.25, 0.3) is 0 Å². The van der Waals surface area contributed by atoms with Crippen LogP contribution < -0.4 is 4.74 Å². The fourth-order valence-corrected chi connectivity index (χ4v) is 4.41. The molecular formula is C26H29N5O. The first-order chi connectivity index (χ1) is 15.7. The monoisotopic (exact) mass is 427 g/mol. The molecule has 6 nitrogen and oxygen atoms in total. The molecule has 0 spiro atoms. The number of ether oxygens (including phenoxy) is 1. The van der Waals surface area contributed by atoms with Gasteiger partial charge >= 0.3 is 0 Å². The number of pyridine rings is 2. The molecule has 164 valence electrons. The number of imidazole rings is 1. The maximum Gasteiger partial charge on any atom is 0.137 e. The second-order valence-corrected chi connectivity index (χ2v) is 8.45. The molecule has 0 radical (unpaired) electrons. The molecule has 6 heteroatoms. The third-order valence-corrected chi connectivity index (χ3v) is 6.28. The molecule has 0 aliphatic carbocycles. The molecule has 32 heavy (non-hydrogen) atoms. The highest BCUT2D eigenvalue weighted by molar-refractivity contribution is 5.70. The summed E-state index contributed by atoms with van der Waals surface area (Å²) in [5.74, 6) is 0.856. The fourth-order valence-electron chi connectivity index (χ4n) is 4.41. The Labute approximate surface area is 189 Å². The van der Waals surface area contributed by atoms with Crippen LogP contribution in [0.25, 0.3) is 28.0 Å². The number of likely N-dealkylation sites (N-methyl/N-ethyl adjacent to an activating group) is 1. The van der Waals surface area contributed by atoms with Gasteiger partial charge in [0.1, 0.15) is 11.4 Å². The smallest absolute Gasteiger partial charge is 0.137 e. The van der Waals surface area contributed by atoms with Gasteiger partial charge in [0.15, 0.2) is 0 Å². The van der Waals surface area contributed by atoms with E-state index in [1.807, 2.05) is 36.7 Å². The minimum Gasteiger partial charge on any atom is -0.497 e. The summed E-state index contributed by atoms with van der Waals surface area (Å²) in [6.45, 7) is 5.29. The van der Waals surface area contributed by atoms with Crippen LogP contribution in [0.3, 0.4) is 0 Å². The molecular weight excluding hydrogens is 398 g/mol. The lowest BCUT2D eigenvalue weighted by Crippen LogP contribution is -2.29. The van der Waals surface area contributed by atoms with Crippen LogP contribution in [0.2, 0.25) is 0 Å². The summed E-state index contributed by atoms with van der Waals surface area (Å²) in [5, 5.41) is 0. The molecule has 5 rings (SSSR count). The van der Waals surface area contributed by atoms with Crippen molar-refractivity contribution in [1.29, 1.82) is 0 Å². The number of rotatable bonds is 5. The highest BCUT2D eigenvalue weighted by Crippen LogP contribution is 2.29. The quantitative estimate of drug-likeness (QED) is 0.477. The van der Waals surface area contributed by atoms with E-state index in [1.165, 1.54) is 12.1 Å². The summed E-state index contributed by atoms with van der Waals surface area (Å²) in [5.41, 5.74) is 6.67. The van der Waals surface area contributed by atoms with Gasteiger partial charge in [-0.1, -0.05) is 0 Å². The van der Waals surface area contributed by atoms with Crippen molar-refractivity contribution in [2.24, 2.45) is 0 Å². The second-order valence-electron chi connectivity index (χ2n) is 8.45. The highest BCUT2D eigenvalue weighted by Gasteiger charge is 2.19. The molecule has 0 unspecified atom stereocenters. The van der Waals surface area contributed by atoms with Crippen molar-refractivity contribution in [2.45, 2.75) is 13.0 Å². The number of methoxy groups -OCH3 is 1. The van der Waals surface area contributed by atoms with E-state index < -0.39 is 0 Å². The summed E-state index contributed by atoms with van der Waals surface area (Å²) in [4.78, 5) is 14.2. The van der Waals surface area contributed by atoms with Crippen LogP contribution >= 0.6 is 0 Å². The molecule has 1 saturated heterocycles. The minimum atomic E-state index is 0.856. The minimum absolute atomic E-state index is 0.856. The largest absolute Gasteiger partial charge is 0.497 e. The SMILES string of the molecule is COc1ccc(-c2nc3ccc(-c4ccncc4)cn3c2CN2CCCN(C)CC2)cc1. The first-order valence-corrected chi connectivity index (χ1v) is 11.2. The van der Waals surface area contributed by atoms with Crippen molar-refractivity contribution < 1.29 is 4.74 Å². The van der Waals surface area contributed by atoms with Crippen molar-refractivity contribution in [1.82, 2.24) is 24.2 Å². The molecule has 3 aromatic heterocycles. The lowest BCUT2D eigenvalue weighted by molar-refractivity contribution is 0.266. The summed E-state index contributed by atoms with van der Waals surface area (Å²) >= 11 is 0. The van der Waals surface area contributed by atoms with Gasteiger partial charge in [0, 0.05) is 43.8 Å². The maximum atomic E-state index is 5.36. The molecule has 1 aliphatic heterocycles. The Hall–Kier alpha value is -3.22. The Morgan fingerprint density at radius 2 is 1.62 bits per heavy atom. The third-order valence-electron chi connectivity index (χ3n) is 6.28. The lowest BCUT2D eigenvalue weighted by Gasteiger charge is -2.21. The lowest BCUT2D eigenvalue weighted by atomic mass is 10.1. The molecule has 1 aliphatic rings. The van der Waals surface area contributed by atoms with Crippen LogP contribution in [-0.4, -0.2) is 64.5 Å². The van der Waals surface area contributed by atoms with Gasteiger partial charge in [-0.2, -0.15) is 0 Å². The zero-order valence-electron chi connectivity index (χ0n) is 18.7. The number of fused-ring (bicyclic) bond motifs is 1. The van der Waals surface area contributed by atoms with Gasteiger partial charge < -0.3 is 14.0 Å². The van der Waals surface area contributed by atoms with Crippen LogP contribution in [0.5, 0.6) is 5.75 Å². The summed E-state index contributed by atoms with van der Waals surface area (Å²) < 4.78 is 7.63. The maximum absolute atomic E-state index is 5.36. The van der Waals surface area contributed by atoms with Gasteiger partial charge in [-0.3, -0.25) is 9.88 Å². The van der Waals surface area contributed by atoms with E-state index in [0.717, 1.165) is 66.5 Å². The van der Waals surface area contributed by atoms with Crippen molar-refractivity contribution >= 4 is 5.65 Å². The highest BCUT2D eigenvalue weighted by atomic mass is 16.5. The number of aromatic nitrogens is 3. The Kier molecular flexibility index (Phi) is 5.88. The van der Waals surface area contributed by atoms with Crippen molar-refractivity contribution in [2.75, 3.05) is 40.3 Å². The third kappa shape index (κ3) is 4.24. The second kappa shape index (κ2) is 9.10. The van der Waals surface area contributed by atoms with Gasteiger partial charge in [-0.05, 0) is 86.2 Å². The molecule has 0 N–H and O–H groups in total. The van der Waals surface area contributed by atoms with E-state index in [-0.39, 0.29) is 0 Å². The first-order valence-electron chi connectivity index (χ1n) is 11.2. The Bertz CT molecular complexity index is 1190. The number of hydrogen-bond acceptors (Lipinski definition) is 5. The average Bonchev–Trinajstić information content (AvgIpc) is 3.06. The average molecular weight is 428 g/mol. The molecule has 4 heterocycles. The molecule has 0 amide bonds. The molecule has 1 aromatic carbocycles. The predicted molar refractivity (Wildman–Crippen MR) is 128 cm³/mol. The van der Waals surface area contributed by atoms with Gasteiger partial charge in [-0.15, -0.1) is 0 Å².